The highest BCUT2D eigenvalue weighted by Gasteiger charge is 2.18. The maximum absolute atomic E-state index is 13.3. The van der Waals surface area contributed by atoms with Crippen LogP contribution in [0.4, 0.5) is 5.13 Å². The summed E-state index contributed by atoms with van der Waals surface area (Å²) >= 11 is 4.09. The first-order chi connectivity index (χ1) is 16.2. The molecular weight excluding hydrogens is 478 g/mol. The monoisotopic (exact) mass is 493 g/mol. The van der Waals surface area contributed by atoms with Crippen LogP contribution in [0.3, 0.4) is 0 Å². The Morgan fingerprint density at radius 1 is 1.09 bits per heavy atom. The summed E-state index contributed by atoms with van der Waals surface area (Å²) in [6.45, 7) is 0. The Morgan fingerprint density at radius 2 is 1.97 bits per heavy atom. The number of H-pyrrole nitrogens is 1. The summed E-state index contributed by atoms with van der Waals surface area (Å²) in [5, 5.41) is 12.3. The number of fused-ring (bicyclic) bond motifs is 1. The van der Waals surface area contributed by atoms with E-state index in [1.807, 2.05) is 48.5 Å². The molecule has 33 heavy (non-hydrogen) atoms. The fourth-order valence-corrected chi connectivity index (χ4v) is 5.21. The summed E-state index contributed by atoms with van der Waals surface area (Å²) in [7, 11) is 1.62. The number of nitrogens with one attached hydrogen (secondary N) is 2. The molecule has 4 aromatic heterocycles. The van der Waals surface area contributed by atoms with Crippen molar-refractivity contribution in [2.45, 2.75) is 20.0 Å². The lowest BCUT2D eigenvalue weighted by Crippen LogP contribution is -2.15. The number of aromatic amines is 1. The van der Waals surface area contributed by atoms with E-state index in [1.165, 1.54) is 41.2 Å². The van der Waals surface area contributed by atoms with Gasteiger partial charge in [-0.15, -0.1) is 10.2 Å². The third-order valence-corrected chi connectivity index (χ3v) is 7.13. The third kappa shape index (κ3) is 4.97. The molecule has 4 heterocycles. The van der Waals surface area contributed by atoms with Gasteiger partial charge in [-0.1, -0.05) is 23.1 Å². The fraction of sp³-hybridized carbons (Fsp3) is 0.0476. The zero-order valence-corrected chi connectivity index (χ0v) is 19.5. The lowest BCUT2D eigenvalue weighted by atomic mass is 10.3. The van der Waals surface area contributed by atoms with Crippen LogP contribution in [0.5, 0.6) is 5.75 Å². The van der Waals surface area contributed by atoms with E-state index in [-0.39, 0.29) is 11.6 Å². The molecule has 5 rings (SSSR count). The number of ether oxygens (including phenoxy) is 1. The Labute approximate surface area is 200 Å². The molecule has 0 spiro atoms. The molecule has 0 fully saturated rings. The van der Waals surface area contributed by atoms with E-state index >= 15 is 0 Å². The van der Waals surface area contributed by atoms with Gasteiger partial charge in [-0.25, -0.2) is 9.97 Å². The molecule has 0 aliphatic rings. The fourth-order valence-electron chi connectivity index (χ4n) is 2.82. The normalized spacial score (nSPS) is 10.9. The number of amides is 1. The van der Waals surface area contributed by atoms with E-state index in [0.717, 1.165) is 15.3 Å². The van der Waals surface area contributed by atoms with Crippen LogP contribution >= 0.6 is 34.9 Å². The first-order valence-electron chi connectivity index (χ1n) is 9.58. The van der Waals surface area contributed by atoms with E-state index in [0.29, 0.717) is 25.9 Å². The highest BCUT2D eigenvalue weighted by Crippen LogP contribution is 2.34. The molecule has 0 unspecified atom stereocenters. The van der Waals surface area contributed by atoms with Crippen molar-refractivity contribution < 1.29 is 9.53 Å². The molecule has 2 N–H and O–H groups in total. The number of hydrogen-bond acceptors (Lipinski definition) is 10. The molecule has 12 heteroatoms. The van der Waals surface area contributed by atoms with Crippen LogP contribution in [0.1, 0.15) is 10.5 Å². The number of hydrogen-bond donors (Lipinski definition) is 2. The van der Waals surface area contributed by atoms with Crippen LogP contribution < -0.4 is 10.1 Å². The van der Waals surface area contributed by atoms with Crippen molar-refractivity contribution in [3.8, 4) is 5.75 Å². The van der Waals surface area contributed by atoms with E-state index in [9.17, 15) is 4.79 Å². The highest BCUT2D eigenvalue weighted by molar-refractivity contribution is 7.99. The van der Waals surface area contributed by atoms with Gasteiger partial charge in [-0.3, -0.25) is 10.1 Å². The zero-order chi connectivity index (χ0) is 22.6. The van der Waals surface area contributed by atoms with E-state index in [2.05, 4.69) is 35.5 Å². The number of methoxy groups -OCH3 is 1. The lowest BCUT2D eigenvalue weighted by Gasteiger charge is -2.10. The number of benzene rings is 1. The lowest BCUT2D eigenvalue weighted by molar-refractivity contribution is 0.101. The molecule has 0 saturated heterocycles. The van der Waals surface area contributed by atoms with Gasteiger partial charge in [0.25, 0.3) is 5.91 Å². The van der Waals surface area contributed by atoms with Crippen LogP contribution in [0.25, 0.3) is 10.3 Å². The SMILES string of the molecule is COc1ccc(Sc2ccc(Sc3nnc[nH]3)nc2C(=O)Nc2nc3ncccc3s2)cc1. The number of thiazole rings is 1. The number of carbonyl (C=O) groups excluding carboxylic acids is 1. The molecule has 1 aromatic carbocycles. The average molecular weight is 494 g/mol. The number of carbonyl (C=O) groups is 1. The molecule has 0 bridgehead atoms. The van der Waals surface area contributed by atoms with Crippen LogP contribution in [0.15, 0.2) is 81.0 Å². The van der Waals surface area contributed by atoms with E-state index < -0.39 is 0 Å². The molecule has 5 aromatic rings. The number of aromatic nitrogens is 6. The van der Waals surface area contributed by atoms with E-state index in [4.69, 9.17) is 4.74 Å². The molecular formula is C21H15N7O2S3. The summed E-state index contributed by atoms with van der Waals surface area (Å²) < 4.78 is 6.12. The Hall–Kier alpha value is -3.48. The Morgan fingerprint density at radius 3 is 2.73 bits per heavy atom. The number of nitrogens with zero attached hydrogens (tertiary/aromatic N) is 5. The highest BCUT2D eigenvalue weighted by atomic mass is 32.2. The average Bonchev–Trinajstić information content (AvgIpc) is 3.49. The number of pyridine rings is 2. The quantitative estimate of drug-likeness (QED) is 0.330. The first kappa shape index (κ1) is 21.4. The van der Waals surface area contributed by atoms with Gasteiger partial charge in [0.2, 0.25) is 0 Å². The minimum absolute atomic E-state index is 0.285. The summed E-state index contributed by atoms with van der Waals surface area (Å²) in [5.74, 6) is 0.406. The van der Waals surface area contributed by atoms with Gasteiger partial charge in [0.05, 0.1) is 11.8 Å². The first-order valence-corrected chi connectivity index (χ1v) is 12.0. The molecule has 164 valence electrons. The second-order valence-electron chi connectivity index (χ2n) is 6.47. The minimum atomic E-state index is -0.356. The Kier molecular flexibility index (Phi) is 6.19. The van der Waals surface area contributed by atoms with Crippen molar-refractivity contribution in [2.24, 2.45) is 0 Å². The second kappa shape index (κ2) is 9.57. The predicted molar refractivity (Wildman–Crippen MR) is 127 cm³/mol. The van der Waals surface area contributed by atoms with Crippen LogP contribution in [0.2, 0.25) is 0 Å². The van der Waals surface area contributed by atoms with Crippen molar-refractivity contribution in [2.75, 3.05) is 12.4 Å². The topological polar surface area (TPSA) is 119 Å². The molecule has 9 nitrogen and oxygen atoms in total. The van der Waals surface area contributed by atoms with Gasteiger partial charge in [-0.2, -0.15) is 4.98 Å². The zero-order valence-electron chi connectivity index (χ0n) is 17.1. The minimum Gasteiger partial charge on any atom is -0.497 e. The van der Waals surface area contributed by atoms with Crippen molar-refractivity contribution in [3.63, 3.8) is 0 Å². The van der Waals surface area contributed by atoms with Gasteiger partial charge < -0.3 is 9.72 Å². The molecule has 1 amide bonds. The number of anilines is 1. The van der Waals surface area contributed by atoms with Crippen molar-refractivity contribution in [3.05, 3.63) is 66.7 Å². The van der Waals surface area contributed by atoms with Gasteiger partial charge in [0.1, 0.15) is 22.8 Å². The van der Waals surface area contributed by atoms with Gasteiger partial charge >= 0.3 is 0 Å². The van der Waals surface area contributed by atoms with Crippen molar-refractivity contribution in [1.82, 2.24) is 30.1 Å². The largest absolute Gasteiger partial charge is 0.497 e. The summed E-state index contributed by atoms with van der Waals surface area (Å²) in [6.07, 6.45) is 3.16. The van der Waals surface area contributed by atoms with Gasteiger partial charge in [0.15, 0.2) is 15.9 Å². The maximum Gasteiger partial charge on any atom is 0.277 e. The second-order valence-corrected chi connectivity index (χ2v) is 9.62. The van der Waals surface area contributed by atoms with Crippen molar-refractivity contribution >= 4 is 56.2 Å². The molecule has 0 atom stereocenters. The Bertz CT molecular complexity index is 1370. The third-order valence-electron chi connectivity index (χ3n) is 4.32. The van der Waals surface area contributed by atoms with E-state index in [1.54, 1.807) is 13.3 Å². The van der Waals surface area contributed by atoms with Crippen LogP contribution in [-0.2, 0) is 0 Å². The molecule has 0 radical (unpaired) electrons. The molecule has 0 aliphatic carbocycles. The molecule has 0 aliphatic heterocycles. The van der Waals surface area contributed by atoms with Crippen LogP contribution in [0, 0.1) is 0 Å². The van der Waals surface area contributed by atoms with Gasteiger partial charge in [0, 0.05) is 16.0 Å². The smallest absolute Gasteiger partial charge is 0.277 e. The number of rotatable bonds is 7. The summed E-state index contributed by atoms with van der Waals surface area (Å²) in [6, 6.07) is 15.1. The standard InChI is InChI=1S/C21H15N7O2S3/c1-30-12-4-6-13(7-5-12)31-14-8-9-16(33-20-23-11-24-28-20)25-17(14)19(29)27-21-26-18-15(32-21)3-2-10-22-18/h2-11H,1H3,(H,23,24,28)(H,22,26,27,29). The maximum atomic E-state index is 13.3. The summed E-state index contributed by atoms with van der Waals surface area (Å²) in [5.41, 5.74) is 0.876. The van der Waals surface area contributed by atoms with Crippen molar-refractivity contribution in [1.29, 1.82) is 0 Å². The predicted octanol–water partition coefficient (Wildman–Crippen LogP) is 4.77. The summed E-state index contributed by atoms with van der Waals surface area (Å²) in [4.78, 5) is 31.1. The van der Waals surface area contributed by atoms with Crippen LogP contribution in [-0.4, -0.2) is 43.2 Å². The van der Waals surface area contributed by atoms with Gasteiger partial charge in [-0.05, 0) is 60.3 Å². The molecule has 0 saturated carbocycles. The Balaban J connectivity index is 1.45.